The van der Waals surface area contributed by atoms with Crippen LogP contribution in [0.3, 0.4) is 0 Å². The van der Waals surface area contributed by atoms with E-state index in [4.69, 9.17) is 47.4 Å². The van der Waals surface area contributed by atoms with Crippen molar-refractivity contribution in [3.63, 3.8) is 0 Å². The summed E-state index contributed by atoms with van der Waals surface area (Å²) in [4.78, 5) is 56.7. The van der Waals surface area contributed by atoms with Gasteiger partial charge in [-0.25, -0.2) is 19.2 Å². The van der Waals surface area contributed by atoms with Gasteiger partial charge in [0.2, 0.25) is 0 Å². The van der Waals surface area contributed by atoms with Crippen molar-refractivity contribution in [2.24, 2.45) is 46.3 Å². The molecule has 3 saturated carbocycles. The van der Waals surface area contributed by atoms with Crippen molar-refractivity contribution >= 4 is 23.9 Å². The molecule has 83 heavy (non-hydrogen) atoms. The molecule has 4 heterocycles. The van der Waals surface area contributed by atoms with E-state index in [0.29, 0.717) is 48.3 Å². The second-order valence-corrected chi connectivity index (χ2v) is 25.2. The minimum absolute atomic E-state index is 0.0896. The highest BCUT2D eigenvalue weighted by molar-refractivity contribution is 5.91. The van der Waals surface area contributed by atoms with E-state index in [9.17, 15) is 29.4 Å². The van der Waals surface area contributed by atoms with Crippen molar-refractivity contribution < 1.29 is 76.8 Å². The molecule has 0 amide bonds. The second-order valence-electron chi connectivity index (χ2n) is 25.2. The van der Waals surface area contributed by atoms with Gasteiger partial charge in [0.25, 0.3) is 0 Å². The maximum Gasteiger partial charge on any atom is 0.338 e. The van der Waals surface area contributed by atoms with Gasteiger partial charge in [-0.1, -0.05) is 112 Å². The number of ether oxygens (including phenoxy) is 10. The molecular formula is C67H78O16. The van der Waals surface area contributed by atoms with Crippen LogP contribution in [0.4, 0.5) is 0 Å². The van der Waals surface area contributed by atoms with E-state index >= 15 is 0 Å². The molecule has 0 radical (unpaired) electrons. The standard InChI is InChI=1S/C67H78O16/c1-38-28-33-67(74-37-38)39(2)52-50(83-67)35-49-47-27-26-45-34-46(29-31-65(45,4)48(47)30-32-66(49,52)5)76-64-57(55(53(69)51(36-68)77-64)79-60(71)42-20-12-7-13-21-42)82-63-58(81-62(73)44-24-16-9-17-25-44)56(80-61(72)43-22-14-8-15-23-43)54(40(3)75-63)78-59(70)41-18-10-6-11-19-41/h6-26,38-40,46-58,63-64,68-69H,27-37H2,1-5H3/t38-,39+,40?,46+,47-,48+,49+,50+,51?,52+,53-,54+,55?,56?,57?,58+,63+,64-,65+,66+,67-/m1/s1. The first-order valence-electron chi connectivity index (χ1n) is 30.0. The predicted molar refractivity (Wildman–Crippen MR) is 300 cm³/mol. The van der Waals surface area contributed by atoms with E-state index in [0.717, 1.165) is 51.6 Å². The topological polar surface area (TPSA) is 201 Å². The fraction of sp³-hybridized carbons (Fsp3) is 0.552. The number of benzene rings is 4. The Morgan fingerprint density at radius 3 is 1.70 bits per heavy atom. The van der Waals surface area contributed by atoms with Gasteiger partial charge >= 0.3 is 23.9 Å². The van der Waals surface area contributed by atoms with E-state index in [1.165, 1.54) is 5.57 Å². The minimum atomic E-state index is -1.70. The summed E-state index contributed by atoms with van der Waals surface area (Å²) in [5.41, 5.74) is 2.05. The number of carbonyl (C=O) groups excluding carboxylic acids is 4. The van der Waals surface area contributed by atoms with Crippen LogP contribution in [0.5, 0.6) is 0 Å². The molecule has 4 aliphatic heterocycles. The first-order chi connectivity index (χ1) is 40.1. The third-order valence-corrected chi connectivity index (χ3v) is 20.5. The molecule has 21 atom stereocenters. The molecule has 7 fully saturated rings. The van der Waals surface area contributed by atoms with Gasteiger partial charge < -0.3 is 57.6 Å². The number of fused-ring (bicyclic) bond motifs is 7. The van der Waals surface area contributed by atoms with Gasteiger partial charge in [0.1, 0.15) is 12.2 Å². The molecule has 4 aliphatic carbocycles. The highest BCUT2D eigenvalue weighted by Gasteiger charge is 2.69. The van der Waals surface area contributed by atoms with Gasteiger partial charge in [0.15, 0.2) is 48.9 Å². The van der Waals surface area contributed by atoms with Crippen LogP contribution in [0.1, 0.15) is 134 Å². The number of hydrogen-bond acceptors (Lipinski definition) is 16. The lowest BCUT2D eigenvalue weighted by molar-refractivity contribution is -0.367. The first kappa shape index (κ1) is 57.6. The van der Waals surface area contributed by atoms with Crippen LogP contribution in [-0.2, 0) is 47.4 Å². The van der Waals surface area contributed by atoms with Crippen molar-refractivity contribution in [3.8, 4) is 0 Å². The third-order valence-electron chi connectivity index (χ3n) is 20.5. The number of rotatable bonds is 13. The number of esters is 4. The smallest absolute Gasteiger partial charge is 0.338 e. The van der Waals surface area contributed by atoms with Crippen molar-refractivity contribution in [2.75, 3.05) is 13.2 Å². The first-order valence-corrected chi connectivity index (χ1v) is 30.0. The van der Waals surface area contributed by atoms with Gasteiger partial charge in [-0.15, -0.1) is 0 Å². The molecule has 4 aromatic carbocycles. The number of aliphatic hydroxyl groups is 2. The molecule has 0 aromatic heterocycles. The van der Waals surface area contributed by atoms with Gasteiger partial charge in [-0.3, -0.25) is 0 Å². The Morgan fingerprint density at radius 2 is 1.14 bits per heavy atom. The summed E-state index contributed by atoms with van der Waals surface area (Å²) in [6.07, 6.45) is -4.52. The van der Waals surface area contributed by atoms with Crippen LogP contribution >= 0.6 is 0 Å². The molecule has 0 bridgehead atoms. The van der Waals surface area contributed by atoms with Crippen LogP contribution in [0.2, 0.25) is 0 Å². The lowest BCUT2D eigenvalue weighted by Gasteiger charge is -2.58. The van der Waals surface area contributed by atoms with E-state index in [-0.39, 0.29) is 39.2 Å². The van der Waals surface area contributed by atoms with Crippen molar-refractivity contribution in [1.29, 1.82) is 0 Å². The average molecular weight is 1140 g/mol. The quantitative estimate of drug-likeness (QED) is 0.0727. The Labute approximate surface area is 485 Å². The predicted octanol–water partition coefficient (Wildman–Crippen LogP) is 9.85. The highest BCUT2D eigenvalue weighted by atomic mass is 16.8. The Bertz CT molecular complexity index is 2970. The lowest BCUT2D eigenvalue weighted by Crippen LogP contribution is -2.66. The largest absolute Gasteiger partial charge is 0.453 e. The van der Waals surface area contributed by atoms with Crippen molar-refractivity contribution in [2.45, 2.75) is 172 Å². The number of allylic oxidation sites excluding steroid dienone is 1. The summed E-state index contributed by atoms with van der Waals surface area (Å²) in [7, 11) is 0. The van der Waals surface area contributed by atoms with Gasteiger partial charge in [-0.2, -0.15) is 0 Å². The average Bonchev–Trinajstić information content (AvgIpc) is 4.00. The summed E-state index contributed by atoms with van der Waals surface area (Å²) in [6.45, 7) is 11.3. The van der Waals surface area contributed by atoms with Crippen molar-refractivity contribution in [3.05, 3.63) is 155 Å². The maximum atomic E-state index is 14.4. The molecule has 2 N–H and O–H groups in total. The van der Waals surface area contributed by atoms with E-state index in [1.54, 1.807) is 128 Å². The monoisotopic (exact) mass is 1140 g/mol. The molecule has 12 rings (SSSR count). The van der Waals surface area contributed by atoms with E-state index in [1.807, 2.05) is 0 Å². The van der Waals surface area contributed by atoms with Gasteiger partial charge in [0, 0.05) is 12.3 Å². The summed E-state index contributed by atoms with van der Waals surface area (Å²) in [5.74, 6) is -0.899. The van der Waals surface area contributed by atoms with Crippen LogP contribution in [0.15, 0.2) is 133 Å². The van der Waals surface area contributed by atoms with Gasteiger partial charge in [0.05, 0.1) is 53.8 Å². The van der Waals surface area contributed by atoms with E-state index < -0.39 is 104 Å². The summed E-state index contributed by atoms with van der Waals surface area (Å²) < 4.78 is 65.8. The SMILES string of the molecule is CC1O[C@@H](OC2C(OC(=O)c3ccccc3)[C@H](O)C(CO)O[C@H]2O[C@H]2CC[C@@]3(C)C(=CC[C@H]4[C@@H]5C[C@@H]6O[C@]7(CC[C@@H](C)CO7)[C@@H](C)[C@@H]6[C@@]5(C)CC[C@@H]43)C2)[C@@H](OC(=O)c2ccccc2)C(OC(=O)c2ccccc2)[C@H]1OC(=O)c1ccccc1. The zero-order valence-corrected chi connectivity index (χ0v) is 47.9. The molecular weight excluding hydrogens is 1060 g/mol. The normalized spacial score (nSPS) is 39.9. The number of carbonyl (C=O) groups is 4. The molecule has 442 valence electrons. The summed E-state index contributed by atoms with van der Waals surface area (Å²) >= 11 is 0. The summed E-state index contributed by atoms with van der Waals surface area (Å²) in [5, 5.41) is 23.0. The van der Waals surface area contributed by atoms with Crippen LogP contribution in [-0.4, -0.2) is 127 Å². The number of aliphatic hydroxyl groups excluding tert-OH is 2. The Morgan fingerprint density at radius 1 is 0.602 bits per heavy atom. The van der Waals surface area contributed by atoms with Crippen LogP contribution in [0, 0.1) is 46.3 Å². The Kier molecular flexibility index (Phi) is 16.4. The van der Waals surface area contributed by atoms with E-state index in [2.05, 4.69) is 33.8 Å². The Hall–Kier alpha value is -5.82. The third kappa shape index (κ3) is 10.9. The molecule has 5 unspecified atom stereocenters. The molecule has 8 aliphatic rings. The minimum Gasteiger partial charge on any atom is -0.453 e. The zero-order chi connectivity index (χ0) is 57.8. The highest BCUT2D eigenvalue weighted by Crippen LogP contribution is 2.71. The summed E-state index contributed by atoms with van der Waals surface area (Å²) in [6, 6.07) is 32.8. The Balaban J connectivity index is 0.853. The molecule has 1 spiro atoms. The number of hydrogen-bond donors (Lipinski definition) is 2. The van der Waals surface area contributed by atoms with Gasteiger partial charge in [-0.05, 0) is 147 Å². The fourth-order valence-corrected chi connectivity index (χ4v) is 16.1. The second kappa shape index (κ2) is 23.6. The maximum absolute atomic E-state index is 14.4. The molecule has 16 heteroatoms. The van der Waals surface area contributed by atoms with Crippen molar-refractivity contribution in [1.82, 2.24) is 0 Å². The molecule has 16 nitrogen and oxygen atoms in total. The van der Waals surface area contributed by atoms with Crippen LogP contribution in [0.25, 0.3) is 0 Å². The molecule has 4 aromatic rings. The van der Waals surface area contributed by atoms with Crippen LogP contribution < -0.4 is 0 Å². The fourth-order valence-electron chi connectivity index (χ4n) is 16.1. The lowest BCUT2D eigenvalue weighted by atomic mass is 9.47. The zero-order valence-electron chi connectivity index (χ0n) is 47.9. The molecule has 4 saturated heterocycles.